The molecule has 2 heterocycles. The summed E-state index contributed by atoms with van der Waals surface area (Å²) in [6, 6.07) is 0. The second-order valence-corrected chi connectivity index (χ2v) is 6.24. The topological polar surface area (TPSA) is 17.6 Å². The largest absolute Gasteiger partial charge is 1.00 e. The number of hydrogen-bond acceptors (Lipinski definition) is 0. The molecule has 0 spiro atoms. The number of hydrogen-bond donors (Lipinski definition) is 0. The molecular weight excluding hydrogens is 526 g/mol. The molecule has 0 radical (unpaired) electrons. The average molecular weight is 558 g/mol. The van der Waals surface area contributed by atoms with E-state index in [1.54, 1.807) is 0 Å². The van der Waals surface area contributed by atoms with Gasteiger partial charge in [0.2, 0.25) is 0 Å². The van der Waals surface area contributed by atoms with Crippen LogP contribution in [-0.4, -0.2) is 9.13 Å². The first-order valence-corrected chi connectivity index (χ1v) is 8.74. The van der Waals surface area contributed by atoms with E-state index in [9.17, 15) is 0 Å². The highest BCUT2D eigenvalue weighted by Crippen LogP contribution is 2.06. The van der Waals surface area contributed by atoms with E-state index in [1.165, 1.54) is 37.3 Å². The van der Waals surface area contributed by atoms with Crippen molar-refractivity contribution >= 4 is 0 Å². The molecule has 0 bridgehead atoms. The summed E-state index contributed by atoms with van der Waals surface area (Å²) in [6.45, 7) is 6.76. The van der Waals surface area contributed by atoms with Gasteiger partial charge in [0.25, 0.3) is 11.6 Å². The van der Waals surface area contributed by atoms with E-state index in [0.29, 0.717) is 0 Å². The molecule has 24 heavy (non-hydrogen) atoms. The van der Waals surface area contributed by atoms with E-state index in [1.807, 2.05) is 0 Å². The number of rotatable bonds is 9. The van der Waals surface area contributed by atoms with Gasteiger partial charge in [0.1, 0.15) is 24.8 Å². The van der Waals surface area contributed by atoms with Crippen molar-refractivity contribution < 1.29 is 57.1 Å². The van der Waals surface area contributed by atoms with Crippen molar-refractivity contribution in [2.45, 2.75) is 65.5 Å². The lowest BCUT2D eigenvalue weighted by atomic mass is 10.2. The minimum Gasteiger partial charge on any atom is -1.00 e. The lowest BCUT2D eigenvalue weighted by molar-refractivity contribution is -0.679. The Morgan fingerprint density at radius 1 is 0.750 bits per heavy atom. The van der Waals surface area contributed by atoms with Crippen LogP contribution < -0.4 is 57.1 Å². The van der Waals surface area contributed by atoms with Crippen LogP contribution in [0.4, 0.5) is 0 Å². The molecule has 4 nitrogen and oxygen atoms in total. The van der Waals surface area contributed by atoms with Crippen molar-refractivity contribution in [2.24, 2.45) is 14.1 Å². The summed E-state index contributed by atoms with van der Waals surface area (Å²) in [7, 11) is 4.30. The SMILES string of the molecule is CCCc1n(CCCCn2cc[n+](C)c2CCC)cc[n+]1C.[I-].[I-]. The lowest BCUT2D eigenvalue weighted by Gasteiger charge is -2.03. The first-order valence-electron chi connectivity index (χ1n) is 8.74. The Labute approximate surface area is 181 Å². The zero-order valence-electron chi connectivity index (χ0n) is 15.5. The Bertz CT molecular complexity index is 538. The second-order valence-electron chi connectivity index (χ2n) is 6.24. The molecule has 2 aromatic rings. The normalized spacial score (nSPS) is 10.3. The minimum absolute atomic E-state index is 0. The summed E-state index contributed by atoms with van der Waals surface area (Å²) in [5, 5.41) is 0. The standard InChI is InChI=1S/C18H32N4.2HI/c1-5-9-17-19(3)13-15-21(17)11-7-8-12-22-16-14-20(4)18(22)10-6-2;;/h13-16H,5-12H2,1-4H3;2*1H/q+2;;/p-2. The fourth-order valence-corrected chi connectivity index (χ4v) is 3.17. The van der Waals surface area contributed by atoms with Crippen LogP contribution in [0.15, 0.2) is 24.8 Å². The molecule has 2 rings (SSSR count). The van der Waals surface area contributed by atoms with E-state index in [2.05, 4.69) is 71.0 Å². The molecule has 0 aliphatic carbocycles. The van der Waals surface area contributed by atoms with Gasteiger partial charge >= 0.3 is 0 Å². The third kappa shape index (κ3) is 6.31. The fourth-order valence-electron chi connectivity index (χ4n) is 3.17. The molecular formula is C18H32I2N4. The zero-order chi connectivity index (χ0) is 15.9. The van der Waals surface area contributed by atoms with Crippen molar-refractivity contribution in [3.8, 4) is 0 Å². The van der Waals surface area contributed by atoms with Crippen molar-refractivity contribution in [1.29, 1.82) is 0 Å². The van der Waals surface area contributed by atoms with Gasteiger partial charge in [0.05, 0.1) is 27.2 Å². The van der Waals surface area contributed by atoms with Gasteiger partial charge in [-0.2, -0.15) is 0 Å². The quantitative estimate of drug-likeness (QED) is 0.172. The lowest BCUT2D eigenvalue weighted by Crippen LogP contribution is -3.00. The number of imidazole rings is 2. The first-order chi connectivity index (χ1) is 10.7. The van der Waals surface area contributed by atoms with Crippen molar-refractivity contribution in [1.82, 2.24) is 9.13 Å². The first kappa shape index (κ1) is 23.9. The summed E-state index contributed by atoms with van der Waals surface area (Å²) in [4.78, 5) is 0. The molecule has 138 valence electrons. The van der Waals surface area contributed by atoms with Gasteiger partial charge < -0.3 is 48.0 Å². The smallest absolute Gasteiger partial charge is 0.256 e. The third-order valence-corrected chi connectivity index (χ3v) is 4.41. The van der Waals surface area contributed by atoms with Gasteiger partial charge in [-0.05, 0) is 25.7 Å². The molecule has 0 saturated carbocycles. The van der Waals surface area contributed by atoms with E-state index in [4.69, 9.17) is 0 Å². The van der Waals surface area contributed by atoms with Crippen LogP contribution >= 0.6 is 0 Å². The van der Waals surface area contributed by atoms with Crippen LogP contribution in [0.3, 0.4) is 0 Å². The molecule has 0 unspecified atom stereocenters. The number of nitrogens with zero attached hydrogens (tertiary/aromatic N) is 4. The maximum absolute atomic E-state index is 2.42. The molecule has 0 N–H and O–H groups in total. The van der Waals surface area contributed by atoms with Gasteiger partial charge in [-0.3, -0.25) is 0 Å². The van der Waals surface area contributed by atoms with Crippen LogP contribution in [0.2, 0.25) is 0 Å². The van der Waals surface area contributed by atoms with Crippen LogP contribution in [0.25, 0.3) is 0 Å². The molecule has 0 fully saturated rings. The Morgan fingerprint density at radius 3 is 1.46 bits per heavy atom. The maximum Gasteiger partial charge on any atom is 0.256 e. The van der Waals surface area contributed by atoms with Crippen molar-refractivity contribution in [3.63, 3.8) is 0 Å². The fraction of sp³-hybridized carbons (Fsp3) is 0.667. The van der Waals surface area contributed by atoms with E-state index in [-0.39, 0.29) is 48.0 Å². The van der Waals surface area contributed by atoms with Gasteiger partial charge in [-0.15, -0.1) is 0 Å². The van der Waals surface area contributed by atoms with Crippen LogP contribution in [0.1, 0.15) is 51.2 Å². The second kappa shape index (κ2) is 12.3. The summed E-state index contributed by atoms with van der Waals surface area (Å²) in [5.74, 6) is 2.89. The van der Waals surface area contributed by atoms with Gasteiger partial charge in [0.15, 0.2) is 0 Å². The molecule has 0 aliphatic rings. The predicted molar refractivity (Wildman–Crippen MR) is 88.4 cm³/mol. The Balaban J connectivity index is 0.00000264. The number of aryl methyl sites for hydroxylation is 4. The number of aromatic nitrogens is 4. The highest BCUT2D eigenvalue weighted by molar-refractivity contribution is 4.85. The molecule has 0 atom stereocenters. The average Bonchev–Trinajstić information content (AvgIpc) is 3.02. The van der Waals surface area contributed by atoms with Crippen molar-refractivity contribution in [2.75, 3.05) is 0 Å². The van der Waals surface area contributed by atoms with E-state index < -0.39 is 0 Å². The molecule has 0 aliphatic heterocycles. The highest BCUT2D eigenvalue weighted by Gasteiger charge is 2.15. The molecule has 6 heteroatoms. The number of unbranched alkanes of at least 4 members (excludes halogenated alkanes) is 1. The van der Waals surface area contributed by atoms with Crippen LogP contribution in [-0.2, 0) is 40.0 Å². The molecule has 0 amide bonds. The van der Waals surface area contributed by atoms with Crippen LogP contribution in [0.5, 0.6) is 0 Å². The Kier molecular flexibility index (Phi) is 12.2. The summed E-state index contributed by atoms with van der Waals surface area (Å²) >= 11 is 0. The Morgan fingerprint density at radius 2 is 1.12 bits per heavy atom. The zero-order valence-corrected chi connectivity index (χ0v) is 19.8. The van der Waals surface area contributed by atoms with Crippen LogP contribution in [0, 0.1) is 0 Å². The van der Waals surface area contributed by atoms with E-state index in [0.717, 1.165) is 25.9 Å². The maximum atomic E-state index is 2.42. The van der Waals surface area contributed by atoms with Gasteiger partial charge in [-0.1, -0.05) is 13.8 Å². The van der Waals surface area contributed by atoms with Gasteiger partial charge in [-0.25, -0.2) is 18.3 Å². The number of halogens is 2. The molecule has 0 aromatic carbocycles. The third-order valence-electron chi connectivity index (χ3n) is 4.41. The highest BCUT2D eigenvalue weighted by atomic mass is 127. The minimum atomic E-state index is 0. The molecule has 2 aromatic heterocycles. The van der Waals surface area contributed by atoms with Crippen molar-refractivity contribution in [3.05, 3.63) is 36.4 Å². The van der Waals surface area contributed by atoms with E-state index >= 15 is 0 Å². The monoisotopic (exact) mass is 558 g/mol. The summed E-state index contributed by atoms with van der Waals surface area (Å²) in [5.41, 5.74) is 0. The Hall–Kier alpha value is -0.120. The summed E-state index contributed by atoms with van der Waals surface area (Å²) < 4.78 is 9.36. The summed E-state index contributed by atoms with van der Waals surface area (Å²) in [6.07, 6.45) is 16.0. The molecule has 0 saturated heterocycles. The predicted octanol–water partition coefficient (Wildman–Crippen LogP) is -3.67. The van der Waals surface area contributed by atoms with Gasteiger partial charge in [0, 0.05) is 12.8 Å².